The number of rotatable bonds is 1. The Hall–Kier alpha value is -5.34. The molecule has 7 aromatic carbocycles. The maximum absolute atomic E-state index is 2.55. The Kier molecular flexibility index (Phi) is 4.31. The van der Waals surface area contributed by atoms with E-state index < -0.39 is 0 Å². The van der Waals surface area contributed by atoms with Crippen LogP contribution in [0.4, 0.5) is 17.1 Å². The molecule has 2 aliphatic carbocycles. The average Bonchev–Trinajstić information content (AvgIpc) is 3.42. The molecular weight excluding hydrogens is 529 g/mol. The van der Waals surface area contributed by atoms with Crippen molar-refractivity contribution in [1.29, 1.82) is 0 Å². The smallest absolute Gasteiger partial charge is 0.248 e. The molecule has 0 N–H and O–H groups in total. The summed E-state index contributed by atoms with van der Waals surface area (Å²) >= 11 is 0. The van der Waals surface area contributed by atoms with Gasteiger partial charge in [0, 0.05) is 17.1 Å². The molecule has 0 amide bonds. The van der Waals surface area contributed by atoms with Crippen LogP contribution in [0.5, 0.6) is 0 Å². The van der Waals surface area contributed by atoms with Crippen molar-refractivity contribution in [2.75, 3.05) is 4.90 Å². The Morgan fingerprint density at radius 1 is 0.523 bits per heavy atom. The van der Waals surface area contributed by atoms with E-state index in [0.717, 1.165) is 12.8 Å². The quantitative estimate of drug-likeness (QED) is 0.183. The first-order chi connectivity index (χ1) is 21.8. The molecule has 202 valence electrons. The molecule has 0 atom stereocenters. The zero-order valence-corrected chi connectivity index (χ0v) is 24.1. The van der Waals surface area contributed by atoms with Gasteiger partial charge in [0.2, 0.25) is 6.71 Å². The lowest BCUT2D eigenvalue weighted by Gasteiger charge is -2.42. The normalized spacial score (nSPS) is 14.5. The van der Waals surface area contributed by atoms with E-state index in [4.69, 9.17) is 0 Å². The average molecular weight is 555 g/mol. The Morgan fingerprint density at radius 2 is 1.25 bits per heavy atom. The first-order valence-electron chi connectivity index (χ1n) is 15.8. The van der Waals surface area contributed by atoms with Crippen LogP contribution >= 0.6 is 0 Å². The third kappa shape index (κ3) is 2.77. The molecule has 2 aliphatic heterocycles. The number of hydrogen-bond acceptors (Lipinski definition) is 1. The van der Waals surface area contributed by atoms with E-state index >= 15 is 0 Å². The molecule has 0 saturated carbocycles. The highest BCUT2D eigenvalue weighted by atomic mass is 15.2. The summed E-state index contributed by atoms with van der Waals surface area (Å²) in [5.74, 6) is 0. The Labute approximate surface area is 256 Å². The van der Waals surface area contributed by atoms with E-state index in [1.54, 1.807) is 0 Å². The van der Waals surface area contributed by atoms with Crippen LogP contribution in [0.3, 0.4) is 0 Å². The zero-order chi connectivity index (χ0) is 28.5. The van der Waals surface area contributed by atoms with E-state index in [2.05, 4.69) is 138 Å². The number of benzene rings is 7. The topological polar surface area (TPSA) is 3.24 Å². The maximum atomic E-state index is 2.55. The number of allylic oxidation sites excluding steroid dienone is 1. The molecule has 0 fully saturated rings. The van der Waals surface area contributed by atoms with Gasteiger partial charge >= 0.3 is 0 Å². The molecule has 0 spiro atoms. The lowest BCUT2D eigenvalue weighted by Crippen LogP contribution is -2.60. The lowest BCUT2D eigenvalue weighted by atomic mass is 9.31. The van der Waals surface area contributed by atoms with E-state index in [0.29, 0.717) is 0 Å². The largest absolute Gasteiger partial charge is 0.311 e. The third-order valence-electron chi connectivity index (χ3n) is 10.7. The minimum Gasteiger partial charge on any atom is -0.311 e. The predicted octanol–water partition coefficient (Wildman–Crippen LogP) is 8.88. The molecule has 0 radical (unpaired) electrons. The molecule has 1 nitrogen and oxygen atoms in total. The highest BCUT2D eigenvalue weighted by Crippen LogP contribution is 2.51. The number of hydrogen-bond donors (Lipinski definition) is 0. The summed E-state index contributed by atoms with van der Waals surface area (Å²) in [4.78, 5) is 2.55. The summed E-state index contributed by atoms with van der Waals surface area (Å²) in [5, 5.41) is 5.42. The van der Waals surface area contributed by atoms with Crippen LogP contribution in [0, 0.1) is 0 Å². The fourth-order valence-corrected chi connectivity index (χ4v) is 8.91. The second-order valence-electron chi connectivity index (χ2n) is 12.7. The van der Waals surface area contributed by atoms with Crippen LogP contribution in [-0.2, 0) is 6.42 Å². The van der Waals surface area contributed by atoms with Gasteiger partial charge in [-0.05, 0) is 114 Å². The monoisotopic (exact) mass is 555 g/mol. The van der Waals surface area contributed by atoms with E-state index in [-0.39, 0.29) is 6.71 Å². The molecule has 11 rings (SSSR count). The van der Waals surface area contributed by atoms with Crippen LogP contribution in [0.1, 0.15) is 17.5 Å². The van der Waals surface area contributed by atoms with Crippen molar-refractivity contribution in [2.24, 2.45) is 0 Å². The van der Waals surface area contributed by atoms with Gasteiger partial charge in [0.15, 0.2) is 0 Å². The molecule has 44 heavy (non-hydrogen) atoms. The minimum atomic E-state index is 0.190. The van der Waals surface area contributed by atoms with Crippen LogP contribution in [0.25, 0.3) is 61.0 Å². The minimum absolute atomic E-state index is 0.190. The number of nitrogens with zero attached hydrogens (tertiary/aromatic N) is 1. The summed E-state index contributed by atoms with van der Waals surface area (Å²) in [5.41, 5.74) is 19.3. The summed E-state index contributed by atoms with van der Waals surface area (Å²) in [6.45, 7) is 0.190. The van der Waals surface area contributed by atoms with Crippen molar-refractivity contribution < 1.29 is 0 Å². The molecule has 0 unspecified atom stereocenters. The Bertz CT molecular complexity index is 2440. The van der Waals surface area contributed by atoms with Crippen molar-refractivity contribution >= 4 is 67.8 Å². The molecule has 4 aliphatic rings. The van der Waals surface area contributed by atoms with Crippen LogP contribution in [0.2, 0.25) is 0 Å². The van der Waals surface area contributed by atoms with Gasteiger partial charge in [0.25, 0.3) is 0 Å². The molecular formula is C42H26BN. The van der Waals surface area contributed by atoms with Crippen LogP contribution in [0.15, 0.2) is 127 Å². The van der Waals surface area contributed by atoms with Crippen molar-refractivity contribution in [3.8, 4) is 33.4 Å². The summed E-state index contributed by atoms with van der Waals surface area (Å²) in [6, 6.07) is 46.0. The molecule has 0 aromatic heterocycles. The number of fused-ring (bicyclic) bond motifs is 10. The number of anilines is 3. The molecule has 0 bridgehead atoms. The molecule has 2 heteroatoms. The van der Waals surface area contributed by atoms with Crippen LogP contribution < -0.4 is 21.3 Å². The second-order valence-corrected chi connectivity index (χ2v) is 12.7. The summed E-state index contributed by atoms with van der Waals surface area (Å²) in [6.07, 6.45) is 6.85. The van der Waals surface area contributed by atoms with E-state index in [9.17, 15) is 0 Å². The maximum Gasteiger partial charge on any atom is 0.248 e. The predicted molar refractivity (Wildman–Crippen MR) is 188 cm³/mol. The molecule has 2 heterocycles. The SMILES string of the molecule is C1=Cc2ccc3c(c2CC1)B1c2c(cccc2N3c2ccc3ccccc3c2)-c2ccc3c4c(ccc1c24)-c1ccccc1-3. The lowest BCUT2D eigenvalue weighted by molar-refractivity contribution is 0.992. The summed E-state index contributed by atoms with van der Waals surface area (Å²) in [7, 11) is 0. The Balaban J connectivity index is 1.28. The van der Waals surface area contributed by atoms with Gasteiger partial charge in [0.05, 0.1) is 0 Å². The van der Waals surface area contributed by atoms with Gasteiger partial charge in [-0.15, -0.1) is 0 Å². The van der Waals surface area contributed by atoms with E-state index in [1.165, 1.54) is 99.5 Å². The van der Waals surface area contributed by atoms with Gasteiger partial charge in [0.1, 0.15) is 0 Å². The molecule has 7 aromatic rings. The first-order valence-corrected chi connectivity index (χ1v) is 15.8. The fraction of sp³-hybridized carbons (Fsp3) is 0.0476. The standard InChI is InChI=1S/C42H26BN/c1-2-10-27-24-28(18-16-25(27)8-1)44-37-15-7-14-35-34-20-19-32-30-12-5-6-13-31(30)33-21-22-36(40(34)39(32)33)43(42(35)37)41-29-11-4-3-9-26(29)17-23-38(41)44/h1-3,5-10,12-24H,4,11H2. The van der Waals surface area contributed by atoms with E-state index in [1.807, 2.05) is 0 Å². The highest BCUT2D eigenvalue weighted by Gasteiger charge is 2.43. The van der Waals surface area contributed by atoms with Gasteiger partial charge in [-0.3, -0.25) is 0 Å². The Morgan fingerprint density at radius 3 is 2.11 bits per heavy atom. The van der Waals surface area contributed by atoms with Gasteiger partial charge in [-0.2, -0.15) is 0 Å². The van der Waals surface area contributed by atoms with Crippen molar-refractivity contribution in [2.45, 2.75) is 12.8 Å². The first kappa shape index (κ1) is 23.2. The third-order valence-corrected chi connectivity index (χ3v) is 10.7. The highest BCUT2D eigenvalue weighted by molar-refractivity contribution is 7.01. The zero-order valence-electron chi connectivity index (χ0n) is 24.1. The van der Waals surface area contributed by atoms with Gasteiger partial charge in [-0.1, -0.05) is 115 Å². The molecule has 0 saturated heterocycles. The van der Waals surface area contributed by atoms with Gasteiger partial charge in [-0.25, -0.2) is 0 Å². The second kappa shape index (κ2) is 8.18. The van der Waals surface area contributed by atoms with Crippen molar-refractivity contribution in [3.63, 3.8) is 0 Å². The fourth-order valence-electron chi connectivity index (χ4n) is 8.91. The van der Waals surface area contributed by atoms with Crippen molar-refractivity contribution in [3.05, 3.63) is 139 Å². The summed E-state index contributed by atoms with van der Waals surface area (Å²) < 4.78 is 0. The van der Waals surface area contributed by atoms with Gasteiger partial charge < -0.3 is 4.90 Å². The van der Waals surface area contributed by atoms with Crippen molar-refractivity contribution in [1.82, 2.24) is 0 Å². The van der Waals surface area contributed by atoms with Crippen LogP contribution in [-0.4, -0.2) is 6.71 Å².